The van der Waals surface area contributed by atoms with Crippen LogP contribution in [0.4, 0.5) is 10.5 Å². The monoisotopic (exact) mass is 337 g/mol. The number of fused-ring (bicyclic) bond motifs is 2. The van der Waals surface area contributed by atoms with Crippen LogP contribution < -0.4 is 16.3 Å². The quantitative estimate of drug-likeness (QED) is 0.670. The highest BCUT2D eigenvalue weighted by Gasteiger charge is 2.20. The van der Waals surface area contributed by atoms with Gasteiger partial charge in [0.05, 0.1) is 5.69 Å². The molecule has 1 atom stereocenters. The van der Waals surface area contributed by atoms with Gasteiger partial charge < -0.3 is 10.6 Å². The van der Waals surface area contributed by atoms with Crippen molar-refractivity contribution in [1.82, 2.24) is 20.1 Å². The number of urea groups is 1. The van der Waals surface area contributed by atoms with Crippen LogP contribution >= 0.6 is 0 Å². The molecule has 1 aromatic heterocycles. The first-order valence-electron chi connectivity index (χ1n) is 8.40. The third-order valence-electron chi connectivity index (χ3n) is 4.63. The van der Waals surface area contributed by atoms with Gasteiger partial charge in [-0.2, -0.15) is 5.10 Å². The Bertz CT molecular complexity index is 970. The number of aryl methyl sites for hydroxylation is 1. The van der Waals surface area contributed by atoms with Crippen molar-refractivity contribution in [2.75, 3.05) is 5.32 Å². The maximum Gasteiger partial charge on any atom is 0.343 e. The molecule has 2 amide bonds. The average Bonchev–Trinajstić information content (AvgIpc) is 2.84. The molecule has 1 aliphatic rings. The Balaban J connectivity index is 1.43. The topological polar surface area (TPSA) is 91.8 Å². The van der Waals surface area contributed by atoms with Crippen LogP contribution in [0.3, 0.4) is 0 Å². The number of nitrogens with zero attached hydrogens (tertiary/aromatic N) is 2. The first-order valence-corrected chi connectivity index (χ1v) is 8.40. The molecular weight excluding hydrogens is 318 g/mol. The SMILES string of the molecule is O=C(Nc1cccc2ccccc12)NC1CCc2n[nH]c(=O)n2CC1. The fraction of sp³-hybridized carbons (Fsp3) is 0.278. The first-order chi connectivity index (χ1) is 12.2. The molecule has 3 aromatic rings. The molecule has 1 aliphatic heterocycles. The third-order valence-corrected chi connectivity index (χ3v) is 4.63. The second kappa shape index (κ2) is 6.43. The number of anilines is 1. The first kappa shape index (κ1) is 15.4. The van der Waals surface area contributed by atoms with Crippen LogP contribution in [0.1, 0.15) is 18.7 Å². The lowest BCUT2D eigenvalue weighted by molar-refractivity contribution is 0.247. The van der Waals surface area contributed by atoms with Crippen molar-refractivity contribution in [2.45, 2.75) is 31.8 Å². The molecule has 3 N–H and O–H groups in total. The lowest BCUT2D eigenvalue weighted by Gasteiger charge is -2.17. The van der Waals surface area contributed by atoms with Crippen molar-refractivity contribution in [3.8, 4) is 0 Å². The zero-order valence-electron chi connectivity index (χ0n) is 13.7. The number of aromatic amines is 1. The molecule has 0 saturated carbocycles. The molecule has 7 nitrogen and oxygen atoms in total. The summed E-state index contributed by atoms with van der Waals surface area (Å²) >= 11 is 0. The number of rotatable bonds is 2. The highest BCUT2D eigenvalue weighted by molar-refractivity contribution is 6.01. The predicted molar refractivity (Wildman–Crippen MR) is 95.7 cm³/mol. The van der Waals surface area contributed by atoms with Gasteiger partial charge in [-0.05, 0) is 24.3 Å². The summed E-state index contributed by atoms with van der Waals surface area (Å²) in [7, 11) is 0. The van der Waals surface area contributed by atoms with Gasteiger partial charge in [-0.3, -0.25) is 4.57 Å². The smallest absolute Gasteiger partial charge is 0.335 e. The molecule has 0 fully saturated rings. The van der Waals surface area contributed by atoms with Gasteiger partial charge in [-0.15, -0.1) is 0 Å². The summed E-state index contributed by atoms with van der Waals surface area (Å²) < 4.78 is 1.64. The number of nitrogens with one attached hydrogen (secondary N) is 3. The summed E-state index contributed by atoms with van der Waals surface area (Å²) in [6.45, 7) is 0.559. The molecule has 0 radical (unpaired) electrons. The number of carbonyl (C=O) groups is 1. The summed E-state index contributed by atoms with van der Waals surface area (Å²) in [5.41, 5.74) is 0.601. The van der Waals surface area contributed by atoms with Gasteiger partial charge in [0.2, 0.25) is 0 Å². The summed E-state index contributed by atoms with van der Waals surface area (Å²) in [5, 5.41) is 14.5. The van der Waals surface area contributed by atoms with Gasteiger partial charge in [0.25, 0.3) is 0 Å². The van der Waals surface area contributed by atoms with Gasteiger partial charge in [0, 0.05) is 24.4 Å². The van der Waals surface area contributed by atoms with Gasteiger partial charge in [-0.1, -0.05) is 36.4 Å². The molecule has 2 aromatic carbocycles. The van der Waals surface area contributed by atoms with Crippen molar-refractivity contribution in [3.63, 3.8) is 0 Å². The summed E-state index contributed by atoms with van der Waals surface area (Å²) in [4.78, 5) is 24.1. The largest absolute Gasteiger partial charge is 0.343 e. The van der Waals surface area contributed by atoms with Crippen LogP contribution in [0.2, 0.25) is 0 Å². The number of carbonyl (C=O) groups excluding carboxylic acids is 1. The Morgan fingerprint density at radius 2 is 2.00 bits per heavy atom. The second-order valence-electron chi connectivity index (χ2n) is 6.25. The number of hydrogen-bond acceptors (Lipinski definition) is 3. The van der Waals surface area contributed by atoms with Crippen LogP contribution in [-0.4, -0.2) is 26.8 Å². The van der Waals surface area contributed by atoms with E-state index >= 15 is 0 Å². The van der Waals surface area contributed by atoms with Crippen molar-refractivity contribution < 1.29 is 4.79 Å². The van der Waals surface area contributed by atoms with Gasteiger partial charge in [0.15, 0.2) is 0 Å². The Morgan fingerprint density at radius 3 is 2.92 bits per heavy atom. The van der Waals surface area contributed by atoms with Crippen LogP contribution in [0.25, 0.3) is 10.8 Å². The predicted octanol–water partition coefficient (Wildman–Crippen LogP) is 2.25. The van der Waals surface area contributed by atoms with Crippen molar-refractivity contribution in [1.29, 1.82) is 0 Å². The van der Waals surface area contributed by atoms with E-state index in [1.54, 1.807) is 4.57 Å². The van der Waals surface area contributed by atoms with E-state index in [0.717, 1.165) is 28.7 Å². The molecular formula is C18H19N5O2. The minimum absolute atomic E-state index is 0.0103. The number of hydrogen-bond donors (Lipinski definition) is 3. The fourth-order valence-corrected chi connectivity index (χ4v) is 3.33. The van der Waals surface area contributed by atoms with E-state index in [2.05, 4.69) is 20.8 Å². The van der Waals surface area contributed by atoms with E-state index in [0.29, 0.717) is 19.4 Å². The van der Waals surface area contributed by atoms with Crippen molar-refractivity contribution in [2.24, 2.45) is 0 Å². The zero-order valence-corrected chi connectivity index (χ0v) is 13.7. The van der Waals surface area contributed by atoms with Crippen LogP contribution in [-0.2, 0) is 13.0 Å². The molecule has 0 aliphatic carbocycles. The lowest BCUT2D eigenvalue weighted by Crippen LogP contribution is -2.38. The fourth-order valence-electron chi connectivity index (χ4n) is 3.33. The minimum atomic E-state index is -0.227. The maximum absolute atomic E-state index is 12.4. The molecule has 0 saturated heterocycles. The van der Waals surface area contributed by atoms with E-state index in [1.807, 2.05) is 42.5 Å². The molecule has 128 valence electrons. The van der Waals surface area contributed by atoms with Crippen LogP contribution in [0.15, 0.2) is 47.3 Å². The maximum atomic E-state index is 12.4. The van der Waals surface area contributed by atoms with Gasteiger partial charge in [-0.25, -0.2) is 14.7 Å². The highest BCUT2D eigenvalue weighted by atomic mass is 16.2. The van der Waals surface area contributed by atoms with Gasteiger partial charge in [0.1, 0.15) is 5.82 Å². The number of benzene rings is 2. The summed E-state index contributed by atoms with van der Waals surface area (Å²) in [6, 6.07) is 13.6. The van der Waals surface area contributed by atoms with Crippen molar-refractivity contribution in [3.05, 3.63) is 58.8 Å². The van der Waals surface area contributed by atoms with Crippen LogP contribution in [0, 0.1) is 0 Å². The Kier molecular flexibility index (Phi) is 3.97. The molecule has 7 heteroatoms. The second-order valence-corrected chi connectivity index (χ2v) is 6.25. The van der Waals surface area contributed by atoms with E-state index < -0.39 is 0 Å². The Morgan fingerprint density at radius 1 is 1.16 bits per heavy atom. The zero-order chi connectivity index (χ0) is 17.2. The minimum Gasteiger partial charge on any atom is -0.335 e. The van der Waals surface area contributed by atoms with E-state index in [4.69, 9.17) is 0 Å². The van der Waals surface area contributed by atoms with Crippen molar-refractivity contribution >= 4 is 22.5 Å². The molecule has 1 unspecified atom stereocenters. The van der Waals surface area contributed by atoms with E-state index in [1.165, 1.54) is 0 Å². The van der Waals surface area contributed by atoms with E-state index in [-0.39, 0.29) is 17.8 Å². The van der Waals surface area contributed by atoms with Crippen LogP contribution in [0.5, 0.6) is 0 Å². The number of amides is 2. The highest BCUT2D eigenvalue weighted by Crippen LogP contribution is 2.23. The standard InChI is InChI=1S/C18H19N5O2/c24-17(20-15-7-3-5-12-4-1-2-6-14(12)15)19-13-8-9-16-21-22-18(25)23(16)11-10-13/h1-7,13H,8-11H2,(H,22,25)(H2,19,20,24). The van der Waals surface area contributed by atoms with E-state index in [9.17, 15) is 9.59 Å². The lowest BCUT2D eigenvalue weighted by atomic mass is 10.1. The Hall–Kier alpha value is -3.09. The molecule has 4 rings (SSSR count). The summed E-state index contributed by atoms with van der Waals surface area (Å²) in [6.07, 6.45) is 2.13. The number of H-pyrrole nitrogens is 1. The molecule has 2 heterocycles. The molecule has 0 bridgehead atoms. The Labute approximate surface area is 144 Å². The average molecular weight is 337 g/mol. The normalized spacial score (nSPS) is 16.9. The molecule has 25 heavy (non-hydrogen) atoms. The van der Waals surface area contributed by atoms with Gasteiger partial charge >= 0.3 is 11.7 Å². The third kappa shape index (κ3) is 3.13. The molecule has 0 spiro atoms. The summed E-state index contributed by atoms with van der Waals surface area (Å²) in [5.74, 6) is 0.753. The number of aromatic nitrogens is 3.